The lowest BCUT2D eigenvalue weighted by Gasteiger charge is -2.62. The van der Waals surface area contributed by atoms with E-state index in [1.165, 1.54) is 68.9 Å². The van der Waals surface area contributed by atoms with Gasteiger partial charge in [0.05, 0.1) is 0 Å². The zero-order valence-corrected chi connectivity index (χ0v) is 32.7. The van der Waals surface area contributed by atoms with Crippen molar-refractivity contribution in [3.05, 3.63) is 71.1 Å². The van der Waals surface area contributed by atoms with Crippen LogP contribution < -0.4 is 22.9 Å². The Balaban J connectivity index is 0.000000550. The lowest BCUT2D eigenvalue weighted by Crippen LogP contribution is -2.54. The van der Waals surface area contributed by atoms with Crippen LogP contribution in [0.1, 0.15) is 139 Å². The molecule has 1 aromatic rings. The summed E-state index contributed by atoms with van der Waals surface area (Å²) in [6.07, 6.45) is 21.1. The van der Waals surface area contributed by atoms with Gasteiger partial charge in [0, 0.05) is 22.8 Å². The van der Waals surface area contributed by atoms with Crippen molar-refractivity contribution in [3.8, 4) is 0 Å². The highest BCUT2D eigenvalue weighted by atomic mass is 14.7. The van der Waals surface area contributed by atoms with E-state index in [0.29, 0.717) is 22.4 Å². The van der Waals surface area contributed by atoms with E-state index >= 15 is 0 Å². The molecule has 9 unspecified atom stereocenters. The van der Waals surface area contributed by atoms with E-state index in [1.54, 1.807) is 11.6 Å². The Morgan fingerprint density at radius 2 is 1.69 bits per heavy atom. The van der Waals surface area contributed by atoms with E-state index in [2.05, 4.69) is 73.3 Å². The molecule has 0 radical (unpaired) electrons. The van der Waals surface area contributed by atoms with Gasteiger partial charge in [-0.1, -0.05) is 91.3 Å². The number of fused-ring (bicyclic) bond motifs is 5. The van der Waals surface area contributed by atoms with Crippen LogP contribution in [0.15, 0.2) is 65.5 Å². The molecule has 0 aromatic heterocycles. The van der Waals surface area contributed by atoms with Gasteiger partial charge in [0.25, 0.3) is 0 Å². The molecular weight excluding hydrogens is 585 g/mol. The van der Waals surface area contributed by atoms with Crippen molar-refractivity contribution in [2.24, 2.45) is 63.2 Å². The number of hydrogen-bond acceptors (Lipinski definition) is 4. The highest BCUT2D eigenvalue weighted by Crippen LogP contribution is 2.70. The van der Waals surface area contributed by atoms with Gasteiger partial charge in [-0.3, -0.25) is 0 Å². The van der Waals surface area contributed by atoms with Crippen LogP contribution in [0, 0.1) is 51.8 Å². The summed E-state index contributed by atoms with van der Waals surface area (Å²) in [7, 11) is 0. The van der Waals surface area contributed by atoms with E-state index in [-0.39, 0.29) is 5.41 Å². The molecule has 3 saturated carbocycles. The lowest BCUT2D eigenvalue weighted by molar-refractivity contribution is -0.0655. The monoisotopic (exact) mass is 659 g/mol. The molecule has 4 aliphatic rings. The lowest BCUT2D eigenvalue weighted by atomic mass is 9.42. The minimum Gasteiger partial charge on any atom is -0.402 e. The van der Waals surface area contributed by atoms with Gasteiger partial charge < -0.3 is 22.9 Å². The number of rotatable bonds is 8. The number of benzene rings is 1. The van der Waals surface area contributed by atoms with Crippen LogP contribution in [-0.2, 0) is 6.42 Å². The fraction of sp³-hybridized carbons (Fsp3) is 0.682. The molecule has 0 saturated heterocycles. The predicted molar refractivity (Wildman–Crippen MR) is 212 cm³/mol. The number of nitrogen functional groups attached to an aromatic ring is 2. The summed E-state index contributed by atoms with van der Waals surface area (Å²) >= 11 is 0. The second-order valence-electron chi connectivity index (χ2n) is 16.9. The fourth-order valence-electron chi connectivity index (χ4n) is 11.0. The molecule has 0 spiro atoms. The first-order valence-electron chi connectivity index (χ1n) is 19.5. The van der Waals surface area contributed by atoms with Gasteiger partial charge in [0.1, 0.15) is 0 Å². The molecule has 48 heavy (non-hydrogen) atoms. The summed E-state index contributed by atoms with van der Waals surface area (Å²) in [5.41, 5.74) is 31.6. The third-order valence-corrected chi connectivity index (χ3v) is 13.7. The van der Waals surface area contributed by atoms with E-state index < -0.39 is 0 Å². The molecule has 1 aromatic carbocycles. The standard InChI is InChI=1S/C36H56N2.C6H12N2.C2H6/c1-23(2)9-8-10-24(3)29-14-15-30-28-13-16-33-35(6,31(28)18-20-34(29,30)5)19-17-25(4)36(33,7)22-26-11-12-27(37)21-32(26)38;1-3-6(8)4-5(2)7;1-2/h9,11-12,16,21,24-25,28-31H,8,10,13-15,17-20,22,37-38H2,1-7H3;4H,2-3,7-8H2,1H3;1-2H3/b;6-4+;. The molecule has 270 valence electrons. The fourth-order valence-corrected chi connectivity index (χ4v) is 11.0. The summed E-state index contributed by atoms with van der Waals surface area (Å²) in [5.74, 6) is 5.04. The summed E-state index contributed by atoms with van der Waals surface area (Å²) in [4.78, 5) is 0. The Kier molecular flexibility index (Phi) is 13.6. The third-order valence-electron chi connectivity index (χ3n) is 13.7. The first-order chi connectivity index (χ1) is 22.6. The summed E-state index contributed by atoms with van der Waals surface area (Å²) in [5, 5.41) is 0. The highest BCUT2D eigenvalue weighted by molar-refractivity contribution is 5.57. The molecule has 3 fully saturated rings. The number of hydrogen-bond donors (Lipinski definition) is 4. The summed E-state index contributed by atoms with van der Waals surface area (Å²) in [6.45, 7) is 26.9. The highest BCUT2D eigenvalue weighted by Gasteiger charge is 2.61. The largest absolute Gasteiger partial charge is 0.402 e. The minimum absolute atomic E-state index is 0.167. The SMILES string of the molecule is C=C(N)/C=C(/N)CC.CC.CC(C)=CCCC(C)C1CCC2C3CC=C4C(C)(Cc5ccc(N)cc5N)C(C)CCC4(C)C3CCC12C. The Hall–Kier alpha value is -2.62. The average Bonchev–Trinajstić information content (AvgIpc) is 3.39. The second kappa shape index (κ2) is 16.4. The first-order valence-corrected chi connectivity index (χ1v) is 19.5. The molecule has 4 heteroatoms. The van der Waals surface area contributed by atoms with E-state index in [0.717, 1.165) is 59.5 Å². The maximum absolute atomic E-state index is 6.50. The van der Waals surface area contributed by atoms with Crippen molar-refractivity contribution in [2.75, 3.05) is 11.5 Å². The Labute approximate surface area is 296 Å². The molecule has 0 amide bonds. The van der Waals surface area contributed by atoms with Crippen LogP contribution in [0.2, 0.25) is 0 Å². The molecule has 4 nitrogen and oxygen atoms in total. The van der Waals surface area contributed by atoms with Gasteiger partial charge in [0.2, 0.25) is 0 Å². The van der Waals surface area contributed by atoms with Gasteiger partial charge in [-0.05, 0) is 160 Å². The van der Waals surface area contributed by atoms with Crippen molar-refractivity contribution in [1.29, 1.82) is 0 Å². The number of anilines is 2. The minimum atomic E-state index is 0.167. The van der Waals surface area contributed by atoms with E-state index in [1.807, 2.05) is 32.9 Å². The topological polar surface area (TPSA) is 104 Å². The van der Waals surface area contributed by atoms with Crippen molar-refractivity contribution >= 4 is 11.4 Å². The van der Waals surface area contributed by atoms with Crippen LogP contribution in [0.4, 0.5) is 11.4 Å². The van der Waals surface area contributed by atoms with Gasteiger partial charge in [-0.15, -0.1) is 0 Å². The van der Waals surface area contributed by atoms with Crippen LogP contribution in [0.5, 0.6) is 0 Å². The number of nitrogens with two attached hydrogens (primary N) is 4. The maximum atomic E-state index is 6.50. The Morgan fingerprint density at radius 1 is 1.00 bits per heavy atom. The molecule has 0 aliphatic heterocycles. The van der Waals surface area contributed by atoms with Crippen molar-refractivity contribution < 1.29 is 0 Å². The Morgan fingerprint density at radius 3 is 2.27 bits per heavy atom. The normalized spacial score (nSPS) is 34.4. The van der Waals surface area contributed by atoms with Gasteiger partial charge in [-0.25, -0.2) is 0 Å². The summed E-state index contributed by atoms with van der Waals surface area (Å²) in [6, 6.07) is 6.17. The van der Waals surface area contributed by atoms with Gasteiger partial charge in [0.15, 0.2) is 0 Å². The molecule has 9 atom stereocenters. The van der Waals surface area contributed by atoms with E-state index in [4.69, 9.17) is 22.9 Å². The second-order valence-corrected chi connectivity index (χ2v) is 16.9. The van der Waals surface area contributed by atoms with Crippen LogP contribution >= 0.6 is 0 Å². The quantitative estimate of drug-likeness (QED) is 0.127. The summed E-state index contributed by atoms with van der Waals surface area (Å²) < 4.78 is 0. The smallest absolute Gasteiger partial charge is 0.0367 e. The van der Waals surface area contributed by atoms with Crippen molar-refractivity contribution in [3.63, 3.8) is 0 Å². The predicted octanol–water partition coefficient (Wildman–Crippen LogP) is 11.3. The molecule has 0 heterocycles. The molecule has 4 aliphatic carbocycles. The van der Waals surface area contributed by atoms with Gasteiger partial charge in [-0.2, -0.15) is 0 Å². The average molecular weight is 659 g/mol. The molecule has 5 rings (SSSR count). The van der Waals surface area contributed by atoms with Crippen LogP contribution in [0.25, 0.3) is 0 Å². The van der Waals surface area contributed by atoms with Gasteiger partial charge >= 0.3 is 0 Å². The van der Waals surface area contributed by atoms with Crippen LogP contribution in [-0.4, -0.2) is 0 Å². The molecule has 8 N–H and O–H groups in total. The number of allylic oxidation sites excluding steroid dienone is 6. The maximum Gasteiger partial charge on any atom is 0.0367 e. The molecular formula is C44H74N4. The third kappa shape index (κ3) is 8.22. The van der Waals surface area contributed by atoms with Crippen molar-refractivity contribution in [2.45, 2.75) is 140 Å². The zero-order chi connectivity index (χ0) is 36.0. The Bertz CT molecular complexity index is 1330. The first kappa shape index (κ1) is 39.8. The van der Waals surface area contributed by atoms with E-state index in [9.17, 15) is 0 Å². The van der Waals surface area contributed by atoms with Crippen molar-refractivity contribution in [1.82, 2.24) is 0 Å². The van der Waals surface area contributed by atoms with Crippen LogP contribution in [0.3, 0.4) is 0 Å². The zero-order valence-electron chi connectivity index (χ0n) is 32.7. The molecule has 0 bridgehead atoms.